The highest BCUT2D eigenvalue weighted by Gasteiger charge is 2.12. The van der Waals surface area contributed by atoms with Gasteiger partial charge in [0.05, 0.1) is 6.61 Å². The third-order valence-corrected chi connectivity index (χ3v) is 4.43. The van der Waals surface area contributed by atoms with Crippen LogP contribution in [0.5, 0.6) is 0 Å². The third kappa shape index (κ3) is 3.06. The molecule has 1 N–H and O–H groups in total. The fourth-order valence-corrected chi connectivity index (χ4v) is 3.66. The SMILES string of the molecule is CN(CCO)Cc1cc2c(s1)CCCCC2. The third-order valence-electron chi connectivity index (χ3n) is 3.21. The Hall–Kier alpha value is -0.380. The van der Waals surface area contributed by atoms with Crippen LogP contribution in [0.15, 0.2) is 6.07 Å². The topological polar surface area (TPSA) is 23.5 Å². The second-order valence-electron chi connectivity index (χ2n) is 4.68. The van der Waals surface area contributed by atoms with E-state index in [1.54, 1.807) is 10.4 Å². The summed E-state index contributed by atoms with van der Waals surface area (Å²) in [7, 11) is 2.07. The molecule has 0 fully saturated rings. The Kier molecular flexibility index (Phi) is 4.38. The molecule has 0 saturated carbocycles. The van der Waals surface area contributed by atoms with E-state index >= 15 is 0 Å². The molecule has 0 saturated heterocycles. The lowest BCUT2D eigenvalue weighted by molar-refractivity contribution is 0.218. The van der Waals surface area contributed by atoms with Crippen molar-refractivity contribution in [2.75, 3.05) is 20.2 Å². The minimum absolute atomic E-state index is 0.252. The number of aliphatic hydroxyl groups excluding tert-OH is 1. The fourth-order valence-electron chi connectivity index (χ4n) is 2.32. The van der Waals surface area contributed by atoms with Gasteiger partial charge >= 0.3 is 0 Å². The maximum atomic E-state index is 8.88. The molecule has 3 heteroatoms. The van der Waals surface area contributed by atoms with Gasteiger partial charge in [0.25, 0.3) is 0 Å². The van der Waals surface area contributed by atoms with Crippen LogP contribution in [-0.4, -0.2) is 30.2 Å². The maximum Gasteiger partial charge on any atom is 0.0558 e. The van der Waals surface area contributed by atoms with Crippen molar-refractivity contribution in [1.82, 2.24) is 4.90 Å². The van der Waals surface area contributed by atoms with Gasteiger partial charge in [-0.1, -0.05) is 6.42 Å². The van der Waals surface area contributed by atoms with Crippen LogP contribution in [0.25, 0.3) is 0 Å². The lowest BCUT2D eigenvalue weighted by atomic mass is 10.1. The van der Waals surface area contributed by atoms with Gasteiger partial charge in [-0.3, -0.25) is 4.90 Å². The van der Waals surface area contributed by atoms with Gasteiger partial charge in [0.15, 0.2) is 0 Å². The molecular formula is C13H21NOS. The Morgan fingerprint density at radius 3 is 2.94 bits per heavy atom. The lowest BCUT2D eigenvalue weighted by Gasteiger charge is -2.13. The Labute approximate surface area is 102 Å². The molecule has 1 aromatic heterocycles. The molecule has 2 nitrogen and oxygen atoms in total. The molecule has 0 spiro atoms. The molecule has 0 unspecified atom stereocenters. The quantitative estimate of drug-likeness (QED) is 0.816. The van der Waals surface area contributed by atoms with Crippen LogP contribution in [0.3, 0.4) is 0 Å². The summed E-state index contributed by atoms with van der Waals surface area (Å²) in [5.74, 6) is 0. The highest BCUT2D eigenvalue weighted by Crippen LogP contribution is 2.29. The lowest BCUT2D eigenvalue weighted by Crippen LogP contribution is -2.20. The Morgan fingerprint density at radius 2 is 2.12 bits per heavy atom. The molecule has 1 aliphatic rings. The van der Waals surface area contributed by atoms with Crippen molar-refractivity contribution in [3.8, 4) is 0 Å². The second kappa shape index (κ2) is 5.80. The van der Waals surface area contributed by atoms with E-state index < -0.39 is 0 Å². The number of aryl methyl sites for hydroxylation is 2. The second-order valence-corrected chi connectivity index (χ2v) is 5.90. The molecule has 1 aromatic rings. The largest absolute Gasteiger partial charge is 0.395 e. The first-order valence-electron chi connectivity index (χ1n) is 6.19. The molecule has 1 aliphatic carbocycles. The van der Waals surface area contributed by atoms with Crippen molar-refractivity contribution in [2.45, 2.75) is 38.6 Å². The van der Waals surface area contributed by atoms with Crippen molar-refractivity contribution in [3.63, 3.8) is 0 Å². The summed E-state index contributed by atoms with van der Waals surface area (Å²) in [6.07, 6.45) is 6.66. The van der Waals surface area contributed by atoms with E-state index in [1.807, 2.05) is 11.3 Å². The van der Waals surface area contributed by atoms with Gasteiger partial charge in [0.2, 0.25) is 0 Å². The molecule has 0 atom stereocenters. The fraction of sp³-hybridized carbons (Fsp3) is 0.692. The Balaban J connectivity index is 2.01. The van der Waals surface area contributed by atoms with Gasteiger partial charge in [0.1, 0.15) is 0 Å². The number of hydrogen-bond donors (Lipinski definition) is 1. The van der Waals surface area contributed by atoms with Gasteiger partial charge in [0, 0.05) is 22.8 Å². The van der Waals surface area contributed by atoms with Gasteiger partial charge in [-0.2, -0.15) is 0 Å². The first kappa shape index (κ1) is 12.1. The van der Waals surface area contributed by atoms with Gasteiger partial charge < -0.3 is 5.11 Å². The molecule has 0 amide bonds. The van der Waals surface area contributed by atoms with E-state index in [0.717, 1.165) is 13.1 Å². The van der Waals surface area contributed by atoms with Crippen molar-refractivity contribution < 1.29 is 5.11 Å². The zero-order valence-electron chi connectivity index (χ0n) is 10.0. The molecule has 90 valence electrons. The van der Waals surface area contributed by atoms with Crippen LogP contribution in [0.2, 0.25) is 0 Å². The number of hydrogen-bond acceptors (Lipinski definition) is 3. The predicted molar refractivity (Wildman–Crippen MR) is 69.0 cm³/mol. The van der Waals surface area contributed by atoms with E-state index in [-0.39, 0.29) is 6.61 Å². The standard InChI is InChI=1S/C13H21NOS/c1-14(7-8-15)10-12-9-11-5-3-2-4-6-13(11)16-12/h9,15H,2-8,10H2,1H3. The van der Waals surface area contributed by atoms with Gasteiger partial charge in [-0.25, -0.2) is 0 Å². The van der Waals surface area contributed by atoms with Crippen LogP contribution in [-0.2, 0) is 19.4 Å². The number of nitrogens with zero attached hydrogens (tertiary/aromatic N) is 1. The molecule has 2 rings (SSSR count). The zero-order valence-corrected chi connectivity index (χ0v) is 10.9. The molecule has 0 aliphatic heterocycles. The molecular weight excluding hydrogens is 218 g/mol. The summed E-state index contributed by atoms with van der Waals surface area (Å²) in [5, 5.41) is 8.88. The number of aliphatic hydroxyl groups is 1. The van der Waals surface area contributed by atoms with Crippen molar-refractivity contribution in [1.29, 1.82) is 0 Å². The number of likely N-dealkylation sites (N-methyl/N-ethyl adjacent to an activating group) is 1. The van der Waals surface area contributed by atoms with E-state index in [0.29, 0.717) is 0 Å². The number of rotatable bonds is 4. The summed E-state index contributed by atoms with van der Waals surface area (Å²) < 4.78 is 0. The smallest absolute Gasteiger partial charge is 0.0558 e. The highest BCUT2D eigenvalue weighted by atomic mass is 32.1. The van der Waals surface area contributed by atoms with E-state index in [2.05, 4.69) is 18.0 Å². The zero-order chi connectivity index (χ0) is 11.4. The number of thiophene rings is 1. The monoisotopic (exact) mass is 239 g/mol. The molecule has 0 aromatic carbocycles. The highest BCUT2D eigenvalue weighted by molar-refractivity contribution is 7.12. The van der Waals surface area contributed by atoms with Crippen molar-refractivity contribution >= 4 is 11.3 Å². The average Bonchev–Trinajstić information content (AvgIpc) is 2.48. The molecule has 16 heavy (non-hydrogen) atoms. The van der Waals surface area contributed by atoms with E-state index in [4.69, 9.17) is 5.11 Å². The van der Waals surface area contributed by atoms with Crippen LogP contribution in [0.4, 0.5) is 0 Å². The minimum Gasteiger partial charge on any atom is -0.395 e. The number of fused-ring (bicyclic) bond motifs is 1. The van der Waals surface area contributed by atoms with Crippen molar-refractivity contribution in [2.24, 2.45) is 0 Å². The molecule has 0 bridgehead atoms. The molecule has 0 radical (unpaired) electrons. The Morgan fingerprint density at radius 1 is 1.31 bits per heavy atom. The van der Waals surface area contributed by atoms with E-state index in [1.165, 1.54) is 37.0 Å². The van der Waals surface area contributed by atoms with Gasteiger partial charge in [-0.15, -0.1) is 11.3 Å². The van der Waals surface area contributed by atoms with Crippen LogP contribution < -0.4 is 0 Å². The maximum absolute atomic E-state index is 8.88. The van der Waals surface area contributed by atoms with Gasteiger partial charge in [-0.05, 0) is 44.4 Å². The summed E-state index contributed by atoms with van der Waals surface area (Å²) in [6.45, 7) is 2.00. The summed E-state index contributed by atoms with van der Waals surface area (Å²) in [4.78, 5) is 5.26. The molecule has 1 heterocycles. The van der Waals surface area contributed by atoms with Crippen LogP contribution in [0, 0.1) is 0 Å². The van der Waals surface area contributed by atoms with Crippen LogP contribution in [0.1, 0.15) is 34.6 Å². The average molecular weight is 239 g/mol. The van der Waals surface area contributed by atoms with E-state index in [9.17, 15) is 0 Å². The first-order valence-corrected chi connectivity index (χ1v) is 7.01. The summed E-state index contributed by atoms with van der Waals surface area (Å²) >= 11 is 1.98. The first-order chi connectivity index (χ1) is 7.79. The normalized spacial score (nSPS) is 16.2. The van der Waals surface area contributed by atoms with Crippen LogP contribution >= 0.6 is 11.3 Å². The summed E-state index contributed by atoms with van der Waals surface area (Å²) in [5.41, 5.74) is 1.59. The Bertz CT molecular complexity index is 311. The minimum atomic E-state index is 0.252. The predicted octanol–water partition coefficient (Wildman–Crippen LogP) is 2.44. The summed E-state index contributed by atoms with van der Waals surface area (Å²) in [6, 6.07) is 2.39. The van der Waals surface area contributed by atoms with Crippen molar-refractivity contribution in [3.05, 3.63) is 21.4 Å².